The van der Waals surface area contributed by atoms with Crippen LogP contribution in [-0.4, -0.2) is 36.0 Å². The molecular formula is C14H19BrN2OS. The molecule has 104 valence electrons. The first-order chi connectivity index (χ1) is 9.25. The Hall–Kier alpha value is -0.390. The first-order valence-electron chi connectivity index (χ1n) is 7.04. The molecule has 0 aromatic carbocycles. The van der Waals surface area contributed by atoms with Gasteiger partial charge in [-0.3, -0.25) is 4.79 Å². The van der Waals surface area contributed by atoms with Crippen molar-refractivity contribution in [2.45, 2.75) is 44.2 Å². The summed E-state index contributed by atoms with van der Waals surface area (Å²) in [4.78, 5) is 14.8. The molecule has 2 aliphatic rings. The van der Waals surface area contributed by atoms with Crippen molar-refractivity contribution in [3.63, 3.8) is 0 Å². The van der Waals surface area contributed by atoms with Crippen LogP contribution in [0.1, 0.15) is 42.5 Å². The Bertz CT molecular complexity index is 456. The number of carbonyl (C=O) groups is 1. The predicted molar refractivity (Wildman–Crippen MR) is 81.7 cm³/mol. The second kappa shape index (κ2) is 5.94. The van der Waals surface area contributed by atoms with Gasteiger partial charge in [-0.15, -0.1) is 11.3 Å². The number of thiophene rings is 1. The van der Waals surface area contributed by atoms with Crippen LogP contribution >= 0.6 is 27.3 Å². The zero-order chi connectivity index (χ0) is 13.2. The standard InChI is InChI=1S/C14H19BrN2OS/c15-13-8-10(9-19-13)14(18)17-7-2-1-5-12(17)11-4-3-6-16-11/h8-9,11-12,16H,1-7H2. The molecule has 0 spiro atoms. The van der Waals surface area contributed by atoms with Crippen LogP contribution in [0.2, 0.25) is 0 Å². The molecule has 2 fully saturated rings. The van der Waals surface area contributed by atoms with E-state index in [1.54, 1.807) is 11.3 Å². The third kappa shape index (κ3) is 2.88. The Morgan fingerprint density at radius 1 is 1.37 bits per heavy atom. The SMILES string of the molecule is O=C(c1csc(Br)c1)N1CCCCC1C1CCCN1. The summed E-state index contributed by atoms with van der Waals surface area (Å²) in [5.41, 5.74) is 0.835. The summed E-state index contributed by atoms with van der Waals surface area (Å²) < 4.78 is 1.03. The van der Waals surface area contributed by atoms with Gasteiger partial charge in [0.15, 0.2) is 0 Å². The molecule has 2 saturated heterocycles. The van der Waals surface area contributed by atoms with Gasteiger partial charge in [-0.25, -0.2) is 0 Å². The number of hydrogen-bond acceptors (Lipinski definition) is 3. The number of carbonyl (C=O) groups excluding carboxylic acids is 1. The fourth-order valence-corrected chi connectivity index (χ4v) is 4.39. The lowest BCUT2D eigenvalue weighted by Crippen LogP contribution is -2.52. The zero-order valence-corrected chi connectivity index (χ0v) is 13.3. The summed E-state index contributed by atoms with van der Waals surface area (Å²) in [7, 11) is 0. The van der Waals surface area contributed by atoms with Gasteiger partial charge >= 0.3 is 0 Å². The van der Waals surface area contributed by atoms with E-state index in [-0.39, 0.29) is 5.91 Å². The van der Waals surface area contributed by atoms with Crippen LogP contribution in [0.15, 0.2) is 15.2 Å². The highest BCUT2D eigenvalue weighted by Crippen LogP contribution is 2.28. The summed E-state index contributed by atoms with van der Waals surface area (Å²) in [6.07, 6.45) is 5.99. The van der Waals surface area contributed by atoms with Gasteiger partial charge in [0.25, 0.3) is 5.91 Å². The molecule has 1 aromatic heterocycles. The van der Waals surface area contributed by atoms with Gasteiger partial charge in [0.05, 0.1) is 9.35 Å². The molecule has 0 radical (unpaired) electrons. The van der Waals surface area contributed by atoms with E-state index < -0.39 is 0 Å². The lowest BCUT2D eigenvalue weighted by molar-refractivity contribution is 0.0564. The summed E-state index contributed by atoms with van der Waals surface area (Å²) in [6, 6.07) is 2.84. The molecule has 3 nitrogen and oxygen atoms in total. The zero-order valence-electron chi connectivity index (χ0n) is 10.9. The molecule has 19 heavy (non-hydrogen) atoms. The lowest BCUT2D eigenvalue weighted by atomic mass is 9.94. The van der Waals surface area contributed by atoms with Crippen LogP contribution in [0, 0.1) is 0 Å². The number of piperidine rings is 1. The maximum atomic E-state index is 12.7. The molecule has 3 heterocycles. The number of hydrogen-bond donors (Lipinski definition) is 1. The maximum absolute atomic E-state index is 12.7. The van der Waals surface area contributed by atoms with Crippen LogP contribution in [0.25, 0.3) is 0 Å². The first kappa shape index (κ1) is 13.6. The van der Waals surface area contributed by atoms with E-state index >= 15 is 0 Å². The van der Waals surface area contributed by atoms with Crippen LogP contribution in [0.3, 0.4) is 0 Å². The monoisotopic (exact) mass is 342 g/mol. The molecule has 0 saturated carbocycles. The third-order valence-corrected chi connectivity index (χ3v) is 5.69. The Morgan fingerprint density at radius 3 is 2.95 bits per heavy atom. The van der Waals surface area contributed by atoms with Crippen molar-refractivity contribution in [3.05, 3.63) is 20.8 Å². The maximum Gasteiger partial charge on any atom is 0.255 e. The molecule has 5 heteroatoms. The number of amides is 1. The molecule has 1 N–H and O–H groups in total. The Labute approximate surface area is 126 Å². The number of nitrogens with one attached hydrogen (secondary N) is 1. The minimum Gasteiger partial charge on any atom is -0.334 e. The average molecular weight is 343 g/mol. The molecule has 0 aliphatic carbocycles. The third-order valence-electron chi connectivity index (χ3n) is 4.19. The smallest absolute Gasteiger partial charge is 0.255 e. The van der Waals surface area contributed by atoms with E-state index in [2.05, 4.69) is 26.1 Å². The van der Waals surface area contributed by atoms with Crippen LogP contribution in [-0.2, 0) is 0 Å². The summed E-state index contributed by atoms with van der Waals surface area (Å²) in [6.45, 7) is 2.02. The molecular weight excluding hydrogens is 324 g/mol. The van der Waals surface area contributed by atoms with Crippen molar-refractivity contribution >= 4 is 33.2 Å². The highest BCUT2D eigenvalue weighted by atomic mass is 79.9. The molecule has 3 rings (SSSR count). The van der Waals surface area contributed by atoms with Crippen molar-refractivity contribution in [2.75, 3.05) is 13.1 Å². The van der Waals surface area contributed by atoms with Crippen molar-refractivity contribution in [3.8, 4) is 0 Å². The minimum absolute atomic E-state index is 0.209. The van der Waals surface area contributed by atoms with Gasteiger partial charge in [0.2, 0.25) is 0 Å². The largest absolute Gasteiger partial charge is 0.334 e. The molecule has 2 atom stereocenters. The minimum atomic E-state index is 0.209. The average Bonchev–Trinajstić information content (AvgIpc) is 3.09. The molecule has 2 aliphatic heterocycles. The van der Waals surface area contributed by atoms with Crippen molar-refractivity contribution in [2.24, 2.45) is 0 Å². The van der Waals surface area contributed by atoms with Gasteiger partial charge in [-0.1, -0.05) is 0 Å². The van der Waals surface area contributed by atoms with E-state index in [1.165, 1.54) is 19.3 Å². The quantitative estimate of drug-likeness (QED) is 0.894. The highest BCUT2D eigenvalue weighted by molar-refractivity contribution is 9.11. The number of halogens is 1. The molecule has 2 unspecified atom stereocenters. The van der Waals surface area contributed by atoms with E-state index in [4.69, 9.17) is 0 Å². The van der Waals surface area contributed by atoms with E-state index in [9.17, 15) is 4.79 Å². The fourth-order valence-electron chi connectivity index (χ4n) is 3.26. The van der Waals surface area contributed by atoms with E-state index in [0.717, 1.165) is 35.3 Å². The second-order valence-corrected chi connectivity index (χ2v) is 7.69. The van der Waals surface area contributed by atoms with Crippen LogP contribution in [0.4, 0.5) is 0 Å². The predicted octanol–water partition coefficient (Wildman–Crippen LogP) is 3.26. The first-order valence-corrected chi connectivity index (χ1v) is 8.71. The van der Waals surface area contributed by atoms with Crippen LogP contribution in [0.5, 0.6) is 0 Å². The van der Waals surface area contributed by atoms with E-state index in [1.807, 2.05) is 11.4 Å². The fraction of sp³-hybridized carbons (Fsp3) is 0.643. The van der Waals surface area contributed by atoms with Crippen molar-refractivity contribution in [1.29, 1.82) is 0 Å². The molecule has 1 aromatic rings. The van der Waals surface area contributed by atoms with Gasteiger partial charge in [0, 0.05) is 24.0 Å². The van der Waals surface area contributed by atoms with Crippen molar-refractivity contribution < 1.29 is 4.79 Å². The summed E-state index contributed by atoms with van der Waals surface area (Å²) >= 11 is 5.03. The van der Waals surface area contributed by atoms with Gasteiger partial charge in [-0.2, -0.15) is 0 Å². The summed E-state index contributed by atoms with van der Waals surface area (Å²) in [5, 5.41) is 5.53. The van der Waals surface area contributed by atoms with Gasteiger partial charge in [-0.05, 0) is 60.6 Å². The van der Waals surface area contributed by atoms with Crippen LogP contribution < -0.4 is 5.32 Å². The summed E-state index contributed by atoms with van der Waals surface area (Å²) in [5.74, 6) is 0.209. The normalized spacial score (nSPS) is 27.7. The lowest BCUT2D eigenvalue weighted by Gasteiger charge is -2.39. The Morgan fingerprint density at radius 2 is 2.26 bits per heavy atom. The second-order valence-electron chi connectivity index (χ2n) is 5.40. The topological polar surface area (TPSA) is 32.3 Å². The van der Waals surface area contributed by atoms with Gasteiger partial charge in [0.1, 0.15) is 0 Å². The van der Waals surface area contributed by atoms with E-state index in [0.29, 0.717) is 12.1 Å². The van der Waals surface area contributed by atoms with Gasteiger partial charge < -0.3 is 10.2 Å². The molecule has 1 amide bonds. The number of nitrogens with zero attached hydrogens (tertiary/aromatic N) is 1. The highest BCUT2D eigenvalue weighted by Gasteiger charge is 2.34. The Balaban J connectivity index is 1.77. The Kier molecular flexibility index (Phi) is 4.24. The molecule has 0 bridgehead atoms. The van der Waals surface area contributed by atoms with Crippen molar-refractivity contribution in [1.82, 2.24) is 10.2 Å². The number of rotatable bonds is 2. The number of likely N-dealkylation sites (tertiary alicyclic amines) is 1.